The number of nitrogens with one attached hydrogen (secondary N) is 2. The van der Waals surface area contributed by atoms with Gasteiger partial charge in [-0.2, -0.15) is 0 Å². The lowest BCUT2D eigenvalue weighted by atomic mass is 9.98. The highest BCUT2D eigenvalue weighted by Gasteiger charge is 2.66. The Hall–Kier alpha value is -3.36. The van der Waals surface area contributed by atoms with E-state index in [0.717, 1.165) is 73.8 Å². The van der Waals surface area contributed by atoms with E-state index in [-0.39, 0.29) is 41.5 Å². The van der Waals surface area contributed by atoms with Gasteiger partial charge in [-0.1, -0.05) is 12.8 Å². The second-order valence-electron chi connectivity index (χ2n) is 12.3. The predicted molar refractivity (Wildman–Crippen MR) is 153 cm³/mol. The zero-order valence-electron chi connectivity index (χ0n) is 23.8. The number of aryl methyl sites for hydroxylation is 1. The summed E-state index contributed by atoms with van der Waals surface area (Å²) in [5.41, 5.74) is 3.67. The third-order valence-electron chi connectivity index (χ3n) is 9.68. The summed E-state index contributed by atoms with van der Waals surface area (Å²) >= 11 is 0. The van der Waals surface area contributed by atoms with E-state index < -0.39 is 6.04 Å². The minimum atomic E-state index is -0.553. The Labute approximate surface area is 235 Å². The standard InChI is InChI=1S/C31H41N5O4/c1-20(37)24-17-35-18-28(39)36-25(30(40)32-2)15-31(16-26(31)36)19-33-27(38)10-6-4-3-5-9-21-13-22(14-23(24)29(21)35)34-11-7-8-12-34/h13-14,17,25-26H,3-12,15-16,18-19H2,1-2H3,(H,32,40)(H,33,38)/t25-,26+,31-/m0/s1. The molecule has 40 heavy (non-hydrogen) atoms. The van der Waals surface area contributed by atoms with E-state index >= 15 is 0 Å². The Bertz CT molecular complexity index is 1360. The first-order valence-corrected chi connectivity index (χ1v) is 15.0. The van der Waals surface area contributed by atoms with E-state index in [9.17, 15) is 19.2 Å². The van der Waals surface area contributed by atoms with Gasteiger partial charge in [-0.3, -0.25) is 19.2 Å². The molecular weight excluding hydrogens is 506 g/mol. The van der Waals surface area contributed by atoms with E-state index in [4.69, 9.17) is 0 Å². The van der Waals surface area contributed by atoms with Crippen molar-refractivity contribution in [1.82, 2.24) is 20.1 Å². The molecule has 9 heteroatoms. The molecule has 6 rings (SSSR count). The molecule has 2 aromatic rings. The summed E-state index contributed by atoms with van der Waals surface area (Å²) in [5, 5.41) is 6.75. The number of ketones is 1. The summed E-state index contributed by atoms with van der Waals surface area (Å²) in [4.78, 5) is 56.5. The van der Waals surface area contributed by atoms with E-state index in [1.165, 1.54) is 12.8 Å². The van der Waals surface area contributed by atoms with Crippen LogP contribution in [0.5, 0.6) is 0 Å². The van der Waals surface area contributed by atoms with E-state index in [2.05, 4.69) is 27.7 Å². The summed E-state index contributed by atoms with van der Waals surface area (Å²) in [6, 6.07) is 3.78. The van der Waals surface area contributed by atoms with Crippen molar-refractivity contribution < 1.29 is 19.2 Å². The van der Waals surface area contributed by atoms with Gasteiger partial charge >= 0.3 is 0 Å². The molecule has 1 aromatic heterocycles. The third-order valence-corrected chi connectivity index (χ3v) is 9.68. The molecule has 3 amide bonds. The summed E-state index contributed by atoms with van der Waals surface area (Å²) in [5.74, 6) is -0.240. The van der Waals surface area contributed by atoms with Crippen molar-refractivity contribution in [3.05, 3.63) is 29.5 Å². The molecule has 4 aliphatic rings. The Morgan fingerprint density at radius 3 is 2.48 bits per heavy atom. The van der Waals surface area contributed by atoms with Gasteiger partial charge in [0.25, 0.3) is 0 Å². The lowest BCUT2D eigenvalue weighted by Crippen LogP contribution is -2.48. The van der Waals surface area contributed by atoms with Crippen LogP contribution in [-0.4, -0.2) is 71.7 Å². The van der Waals surface area contributed by atoms with Gasteiger partial charge in [-0.05, 0) is 69.6 Å². The molecule has 2 bridgehead atoms. The average Bonchev–Trinajstić information content (AvgIpc) is 3.31. The number of carbonyl (C=O) groups excluding carboxylic acids is 4. The van der Waals surface area contributed by atoms with Crippen LogP contribution in [0.25, 0.3) is 10.9 Å². The van der Waals surface area contributed by atoms with Gasteiger partial charge < -0.3 is 25.0 Å². The van der Waals surface area contributed by atoms with Gasteiger partial charge in [0.05, 0.1) is 5.52 Å². The number of aromatic nitrogens is 1. The zero-order valence-corrected chi connectivity index (χ0v) is 23.8. The molecule has 3 atom stereocenters. The maximum atomic E-state index is 14.0. The molecule has 2 N–H and O–H groups in total. The van der Waals surface area contributed by atoms with Crippen LogP contribution in [0.1, 0.15) is 80.6 Å². The Kier molecular flexibility index (Phi) is 7.09. The molecule has 4 heterocycles. The molecule has 1 saturated carbocycles. The number of Topliss-reactive ketones (excluding diaryl/α,β-unsaturated/α-hetero) is 1. The summed E-state index contributed by atoms with van der Waals surface area (Å²) < 4.78 is 1.96. The maximum Gasteiger partial charge on any atom is 0.243 e. The van der Waals surface area contributed by atoms with Gasteiger partial charge in [0.15, 0.2) is 5.78 Å². The van der Waals surface area contributed by atoms with E-state index in [1.54, 1.807) is 18.9 Å². The summed E-state index contributed by atoms with van der Waals surface area (Å²) in [6.07, 6.45) is 10.7. The number of anilines is 1. The minimum absolute atomic E-state index is 0.00998. The van der Waals surface area contributed by atoms with Crippen LogP contribution >= 0.6 is 0 Å². The van der Waals surface area contributed by atoms with Crippen LogP contribution in [-0.2, 0) is 27.3 Å². The Balaban J connectivity index is 1.42. The first-order valence-electron chi connectivity index (χ1n) is 15.0. The number of amides is 3. The van der Waals surface area contributed by atoms with Crippen molar-refractivity contribution in [2.45, 2.75) is 89.8 Å². The number of hydrogen-bond acceptors (Lipinski definition) is 5. The van der Waals surface area contributed by atoms with Gasteiger partial charge in [-0.25, -0.2) is 0 Å². The van der Waals surface area contributed by atoms with Crippen molar-refractivity contribution in [2.24, 2.45) is 5.41 Å². The topological polar surface area (TPSA) is 104 Å². The number of piperidine rings is 1. The van der Waals surface area contributed by atoms with Crippen molar-refractivity contribution in [3.8, 4) is 0 Å². The smallest absolute Gasteiger partial charge is 0.243 e. The number of benzene rings is 1. The van der Waals surface area contributed by atoms with Gasteiger partial charge in [-0.15, -0.1) is 0 Å². The molecule has 0 unspecified atom stereocenters. The first-order chi connectivity index (χ1) is 19.3. The highest BCUT2D eigenvalue weighted by Crippen LogP contribution is 2.59. The van der Waals surface area contributed by atoms with Gasteiger partial charge in [0, 0.05) is 67.4 Å². The van der Waals surface area contributed by atoms with Crippen LogP contribution in [0.3, 0.4) is 0 Å². The predicted octanol–water partition coefficient (Wildman–Crippen LogP) is 3.17. The fraction of sp³-hybridized carbons (Fsp3) is 0.613. The van der Waals surface area contributed by atoms with Gasteiger partial charge in [0.2, 0.25) is 17.7 Å². The normalized spacial score (nSPS) is 27.4. The fourth-order valence-corrected chi connectivity index (χ4v) is 7.45. The lowest BCUT2D eigenvalue weighted by molar-refractivity contribution is -0.140. The van der Waals surface area contributed by atoms with Crippen LogP contribution in [0, 0.1) is 5.41 Å². The number of likely N-dealkylation sites (N-methyl/N-ethyl adjacent to an activating group) is 1. The van der Waals surface area contributed by atoms with Crippen LogP contribution < -0.4 is 15.5 Å². The lowest BCUT2D eigenvalue weighted by Gasteiger charge is -2.27. The number of hydrogen-bond donors (Lipinski definition) is 2. The number of nitrogens with zero attached hydrogens (tertiary/aromatic N) is 3. The Morgan fingerprint density at radius 1 is 1.00 bits per heavy atom. The summed E-state index contributed by atoms with van der Waals surface area (Å²) in [6.45, 7) is 4.20. The second kappa shape index (κ2) is 10.6. The molecular formula is C31H41N5O4. The van der Waals surface area contributed by atoms with E-state index in [0.29, 0.717) is 24.9 Å². The third kappa shape index (κ3) is 4.77. The van der Waals surface area contributed by atoms with Crippen molar-refractivity contribution in [2.75, 3.05) is 31.6 Å². The Morgan fingerprint density at radius 2 is 1.75 bits per heavy atom. The second-order valence-corrected chi connectivity index (χ2v) is 12.3. The molecule has 214 valence electrons. The van der Waals surface area contributed by atoms with Crippen LogP contribution in [0.2, 0.25) is 0 Å². The highest BCUT2D eigenvalue weighted by atomic mass is 16.2. The average molecular weight is 548 g/mol. The largest absolute Gasteiger partial charge is 0.372 e. The van der Waals surface area contributed by atoms with Crippen molar-refractivity contribution >= 4 is 40.1 Å². The number of rotatable bonds is 3. The first kappa shape index (κ1) is 26.8. The van der Waals surface area contributed by atoms with Gasteiger partial charge in [0.1, 0.15) is 12.6 Å². The monoisotopic (exact) mass is 547 g/mol. The summed E-state index contributed by atoms with van der Waals surface area (Å²) in [7, 11) is 1.60. The molecule has 3 aliphatic heterocycles. The van der Waals surface area contributed by atoms with Crippen molar-refractivity contribution in [1.29, 1.82) is 0 Å². The molecule has 2 saturated heterocycles. The molecule has 1 aromatic carbocycles. The SMILES string of the molecule is CNC(=O)[C@@H]1C[C@]23CNC(=O)CCCCCCc4cc(N5CCCC5)cc5c(C(C)=O)cn(c45)CC(=O)N1[C@@H]2C3. The van der Waals surface area contributed by atoms with Crippen molar-refractivity contribution in [3.63, 3.8) is 0 Å². The molecule has 0 spiro atoms. The number of carbonyl (C=O) groups is 4. The van der Waals surface area contributed by atoms with Crippen LogP contribution in [0.15, 0.2) is 18.3 Å². The minimum Gasteiger partial charge on any atom is -0.372 e. The zero-order chi connectivity index (χ0) is 28.0. The molecule has 3 fully saturated rings. The van der Waals surface area contributed by atoms with Crippen LogP contribution in [0.4, 0.5) is 5.69 Å². The fourth-order valence-electron chi connectivity index (χ4n) is 7.45. The molecule has 1 aliphatic carbocycles. The quantitative estimate of drug-likeness (QED) is 0.575. The molecule has 9 nitrogen and oxygen atoms in total. The highest BCUT2D eigenvalue weighted by molar-refractivity contribution is 6.09. The maximum absolute atomic E-state index is 14.0. The van der Waals surface area contributed by atoms with E-state index in [1.807, 2.05) is 10.8 Å². The molecule has 0 radical (unpaired) electrons.